The summed E-state index contributed by atoms with van der Waals surface area (Å²) in [6.45, 7) is 1.42. The Morgan fingerprint density at radius 2 is 2.39 bits per heavy atom. The molecule has 6 heteroatoms. The fraction of sp³-hybridized carbons (Fsp3) is 0.500. The number of nitrogens with one attached hydrogen (secondary N) is 1. The Morgan fingerprint density at radius 1 is 1.56 bits per heavy atom. The van der Waals surface area contributed by atoms with Crippen LogP contribution < -0.4 is 14.8 Å². The molecule has 2 rings (SSSR count). The summed E-state index contributed by atoms with van der Waals surface area (Å²) in [6.07, 6.45) is 2.16. The maximum Gasteiger partial charge on any atom is 0.311 e. The zero-order valence-corrected chi connectivity index (χ0v) is 10.2. The highest BCUT2D eigenvalue weighted by Crippen LogP contribution is 2.31. The van der Waals surface area contributed by atoms with Crippen LogP contribution in [0.3, 0.4) is 0 Å². The lowest BCUT2D eigenvalue weighted by atomic mass is 10.2. The van der Waals surface area contributed by atoms with Gasteiger partial charge in [-0.3, -0.25) is 10.1 Å². The average molecular weight is 252 g/mol. The highest BCUT2D eigenvalue weighted by molar-refractivity contribution is 5.50. The monoisotopic (exact) mass is 252 g/mol. The maximum absolute atomic E-state index is 10.9. The molecule has 1 aromatic rings. The molecule has 0 saturated carbocycles. The van der Waals surface area contributed by atoms with Crippen molar-refractivity contribution >= 4 is 5.69 Å². The molecule has 0 radical (unpaired) electrons. The van der Waals surface area contributed by atoms with Crippen molar-refractivity contribution in [3.05, 3.63) is 28.3 Å². The summed E-state index contributed by atoms with van der Waals surface area (Å²) < 4.78 is 10.6. The number of methoxy groups -OCH3 is 1. The molecule has 0 aromatic heterocycles. The highest BCUT2D eigenvalue weighted by Gasteiger charge is 2.19. The molecule has 18 heavy (non-hydrogen) atoms. The van der Waals surface area contributed by atoms with Crippen molar-refractivity contribution in [2.45, 2.75) is 18.9 Å². The van der Waals surface area contributed by atoms with E-state index in [0.717, 1.165) is 19.4 Å². The highest BCUT2D eigenvalue weighted by atomic mass is 16.6. The molecule has 0 spiro atoms. The van der Waals surface area contributed by atoms with Gasteiger partial charge >= 0.3 is 5.69 Å². The van der Waals surface area contributed by atoms with Crippen LogP contribution in [0.25, 0.3) is 0 Å². The third-order valence-corrected chi connectivity index (χ3v) is 2.97. The van der Waals surface area contributed by atoms with Gasteiger partial charge in [-0.15, -0.1) is 0 Å². The van der Waals surface area contributed by atoms with E-state index in [1.165, 1.54) is 13.2 Å². The van der Waals surface area contributed by atoms with Crippen molar-refractivity contribution in [2.75, 3.05) is 20.3 Å². The summed E-state index contributed by atoms with van der Waals surface area (Å²) in [4.78, 5) is 10.4. The third-order valence-electron chi connectivity index (χ3n) is 2.97. The van der Waals surface area contributed by atoms with Crippen LogP contribution >= 0.6 is 0 Å². The van der Waals surface area contributed by atoms with Gasteiger partial charge in [-0.05, 0) is 25.5 Å². The van der Waals surface area contributed by atoms with E-state index in [0.29, 0.717) is 12.4 Å². The van der Waals surface area contributed by atoms with Gasteiger partial charge in [0, 0.05) is 18.2 Å². The molecule has 1 aliphatic rings. The minimum Gasteiger partial charge on any atom is -0.497 e. The van der Waals surface area contributed by atoms with E-state index >= 15 is 0 Å². The van der Waals surface area contributed by atoms with Gasteiger partial charge in [0.2, 0.25) is 5.75 Å². The number of nitrogens with zero attached hydrogens (tertiary/aromatic N) is 1. The Bertz CT molecular complexity index is 430. The van der Waals surface area contributed by atoms with Gasteiger partial charge in [0.15, 0.2) is 0 Å². The van der Waals surface area contributed by atoms with E-state index in [-0.39, 0.29) is 17.5 Å². The minimum atomic E-state index is -0.448. The van der Waals surface area contributed by atoms with Crippen LogP contribution in [-0.2, 0) is 0 Å². The molecule has 1 aromatic carbocycles. The Kier molecular flexibility index (Phi) is 3.99. The number of benzene rings is 1. The predicted octanol–water partition coefficient (Wildman–Crippen LogP) is 1.73. The molecule has 0 bridgehead atoms. The number of nitro benzene ring substituents is 1. The average Bonchev–Trinajstić information content (AvgIpc) is 2.88. The fourth-order valence-electron chi connectivity index (χ4n) is 1.98. The fourth-order valence-corrected chi connectivity index (χ4v) is 1.98. The van der Waals surface area contributed by atoms with E-state index in [2.05, 4.69) is 5.32 Å². The molecule has 1 fully saturated rings. The first-order valence-corrected chi connectivity index (χ1v) is 5.89. The number of nitro groups is 1. The van der Waals surface area contributed by atoms with Gasteiger partial charge in [0.25, 0.3) is 0 Å². The molecular weight excluding hydrogens is 236 g/mol. The standard InChI is InChI=1S/C12H16N2O4/c1-17-10-4-5-11(14(15)16)12(7-10)18-8-9-3-2-6-13-9/h4-5,7,9,13H,2-3,6,8H2,1H3. The van der Waals surface area contributed by atoms with Gasteiger partial charge in [0.05, 0.1) is 12.0 Å². The second-order valence-corrected chi connectivity index (χ2v) is 4.20. The zero-order valence-electron chi connectivity index (χ0n) is 10.2. The van der Waals surface area contributed by atoms with Gasteiger partial charge in [-0.25, -0.2) is 0 Å². The van der Waals surface area contributed by atoms with Crippen molar-refractivity contribution in [1.82, 2.24) is 5.32 Å². The lowest BCUT2D eigenvalue weighted by molar-refractivity contribution is -0.385. The first-order chi connectivity index (χ1) is 8.70. The van der Waals surface area contributed by atoms with Crippen LogP contribution in [0.5, 0.6) is 11.5 Å². The Morgan fingerprint density at radius 3 is 3.00 bits per heavy atom. The van der Waals surface area contributed by atoms with Gasteiger partial charge in [-0.2, -0.15) is 0 Å². The van der Waals surface area contributed by atoms with E-state index in [1.807, 2.05) is 0 Å². The topological polar surface area (TPSA) is 73.6 Å². The minimum absolute atomic E-state index is 0.0335. The van der Waals surface area contributed by atoms with Crippen molar-refractivity contribution < 1.29 is 14.4 Å². The van der Waals surface area contributed by atoms with Crippen LogP contribution in [0, 0.1) is 10.1 Å². The largest absolute Gasteiger partial charge is 0.497 e. The Hall–Kier alpha value is -1.82. The summed E-state index contributed by atoms with van der Waals surface area (Å²) in [5, 5.41) is 14.2. The first-order valence-electron chi connectivity index (χ1n) is 5.89. The maximum atomic E-state index is 10.9. The van der Waals surface area contributed by atoms with Crippen molar-refractivity contribution in [2.24, 2.45) is 0 Å². The van der Waals surface area contributed by atoms with E-state index in [4.69, 9.17) is 9.47 Å². The van der Waals surface area contributed by atoms with Gasteiger partial charge < -0.3 is 14.8 Å². The van der Waals surface area contributed by atoms with E-state index in [1.54, 1.807) is 12.1 Å². The van der Waals surface area contributed by atoms with Crippen LogP contribution in [0.1, 0.15) is 12.8 Å². The quantitative estimate of drug-likeness (QED) is 0.638. The van der Waals surface area contributed by atoms with Crippen molar-refractivity contribution in [1.29, 1.82) is 0 Å². The molecule has 1 saturated heterocycles. The molecule has 1 heterocycles. The summed E-state index contributed by atoms with van der Waals surface area (Å²) in [7, 11) is 1.52. The lowest BCUT2D eigenvalue weighted by Gasteiger charge is -2.12. The normalized spacial score (nSPS) is 18.6. The second-order valence-electron chi connectivity index (χ2n) is 4.20. The molecule has 6 nitrogen and oxygen atoms in total. The number of rotatable bonds is 5. The predicted molar refractivity (Wildman–Crippen MR) is 66.2 cm³/mol. The first kappa shape index (κ1) is 12.6. The molecule has 1 aliphatic heterocycles. The smallest absolute Gasteiger partial charge is 0.311 e. The van der Waals surface area contributed by atoms with Crippen LogP contribution in [0.15, 0.2) is 18.2 Å². The zero-order chi connectivity index (χ0) is 13.0. The molecule has 1 unspecified atom stereocenters. The summed E-state index contributed by atoms with van der Waals surface area (Å²) in [5.41, 5.74) is -0.0335. The third kappa shape index (κ3) is 2.89. The van der Waals surface area contributed by atoms with Crippen LogP contribution in [0.4, 0.5) is 5.69 Å². The molecule has 1 atom stereocenters. The summed E-state index contributed by atoms with van der Waals surface area (Å²) in [5.74, 6) is 0.808. The SMILES string of the molecule is COc1ccc([N+](=O)[O-])c(OCC2CCCN2)c1. The van der Waals surface area contributed by atoms with E-state index < -0.39 is 4.92 Å². The van der Waals surface area contributed by atoms with Crippen LogP contribution in [0.2, 0.25) is 0 Å². The van der Waals surface area contributed by atoms with Crippen molar-refractivity contribution in [3.8, 4) is 11.5 Å². The summed E-state index contributed by atoms with van der Waals surface area (Å²) in [6, 6.07) is 4.78. The molecule has 98 valence electrons. The molecule has 1 N–H and O–H groups in total. The second kappa shape index (κ2) is 5.68. The number of ether oxygens (including phenoxy) is 2. The number of hydrogen-bond donors (Lipinski definition) is 1. The lowest BCUT2D eigenvalue weighted by Crippen LogP contribution is -2.28. The Balaban J connectivity index is 2.10. The Labute approximate surface area is 105 Å². The molecule has 0 amide bonds. The van der Waals surface area contributed by atoms with Gasteiger partial charge in [-0.1, -0.05) is 0 Å². The molecule has 0 aliphatic carbocycles. The molecular formula is C12H16N2O4. The summed E-state index contributed by atoms with van der Waals surface area (Å²) >= 11 is 0. The van der Waals surface area contributed by atoms with E-state index in [9.17, 15) is 10.1 Å². The van der Waals surface area contributed by atoms with Gasteiger partial charge in [0.1, 0.15) is 12.4 Å². The van der Waals surface area contributed by atoms with Crippen molar-refractivity contribution in [3.63, 3.8) is 0 Å². The number of hydrogen-bond acceptors (Lipinski definition) is 5. The van der Waals surface area contributed by atoms with Crippen LogP contribution in [-0.4, -0.2) is 31.2 Å².